The van der Waals surface area contributed by atoms with Crippen molar-refractivity contribution in [2.75, 3.05) is 6.61 Å². The first-order valence-corrected chi connectivity index (χ1v) is 9.22. The Hall–Kier alpha value is -2.37. The highest BCUT2D eigenvalue weighted by Crippen LogP contribution is 2.23. The molecule has 1 aliphatic carbocycles. The largest absolute Gasteiger partial charge is 0.456 e. The predicted octanol–water partition coefficient (Wildman–Crippen LogP) is 2.49. The van der Waals surface area contributed by atoms with Crippen LogP contribution in [0.1, 0.15) is 57.6 Å². The number of carbonyl (C=O) groups excluding carboxylic acids is 3. The van der Waals surface area contributed by atoms with Crippen molar-refractivity contribution in [2.24, 2.45) is 5.92 Å². The third kappa shape index (κ3) is 6.50. The van der Waals surface area contributed by atoms with E-state index >= 15 is 0 Å². The molecule has 2 rings (SSSR count). The molecule has 0 unspecified atom stereocenters. The third-order valence-electron chi connectivity index (χ3n) is 4.77. The maximum absolute atomic E-state index is 12.1. The first kappa shape index (κ1) is 19.9. The summed E-state index contributed by atoms with van der Waals surface area (Å²) < 4.78 is 5.11. The van der Waals surface area contributed by atoms with Gasteiger partial charge in [0, 0.05) is 13.0 Å². The number of carbonyl (C=O) groups is 3. The average Bonchev–Trinajstić information content (AvgIpc) is 2.62. The minimum absolute atomic E-state index is 0.0172. The summed E-state index contributed by atoms with van der Waals surface area (Å²) in [4.78, 5) is 35.6. The Kier molecular flexibility index (Phi) is 7.63. The molecule has 1 saturated carbocycles. The van der Waals surface area contributed by atoms with Crippen LogP contribution in [0.4, 0.5) is 0 Å². The number of benzene rings is 1. The molecule has 6 heteroatoms. The Morgan fingerprint density at radius 1 is 1.15 bits per heavy atom. The topological polar surface area (TPSA) is 84.5 Å². The first-order chi connectivity index (χ1) is 12.5. The Bertz CT molecular complexity index is 617. The third-order valence-corrected chi connectivity index (χ3v) is 4.77. The van der Waals surface area contributed by atoms with Crippen molar-refractivity contribution in [3.8, 4) is 0 Å². The zero-order chi connectivity index (χ0) is 18.9. The highest BCUT2D eigenvalue weighted by molar-refractivity contribution is 5.81. The molecule has 3 atom stereocenters. The van der Waals surface area contributed by atoms with E-state index in [-0.39, 0.29) is 30.9 Å². The van der Waals surface area contributed by atoms with Crippen molar-refractivity contribution < 1.29 is 19.1 Å². The molecule has 1 aromatic rings. The predicted molar refractivity (Wildman–Crippen MR) is 98.1 cm³/mol. The molecule has 2 N–H and O–H groups in total. The number of amides is 2. The number of hydrogen-bond acceptors (Lipinski definition) is 4. The second-order valence-corrected chi connectivity index (χ2v) is 6.96. The smallest absolute Gasteiger partial charge is 0.308 e. The van der Waals surface area contributed by atoms with Crippen molar-refractivity contribution in [1.29, 1.82) is 0 Å². The molecule has 0 aliphatic heterocycles. The molecule has 1 aliphatic rings. The van der Waals surface area contributed by atoms with Crippen LogP contribution in [0, 0.1) is 5.92 Å². The molecule has 0 radical (unpaired) electrons. The molecule has 26 heavy (non-hydrogen) atoms. The van der Waals surface area contributed by atoms with Gasteiger partial charge >= 0.3 is 5.97 Å². The van der Waals surface area contributed by atoms with Gasteiger partial charge in [-0.25, -0.2) is 0 Å². The van der Waals surface area contributed by atoms with Crippen molar-refractivity contribution >= 4 is 17.8 Å². The fraction of sp³-hybridized carbons (Fsp3) is 0.550. The molecular weight excluding hydrogens is 332 g/mol. The molecule has 2 amide bonds. The van der Waals surface area contributed by atoms with Gasteiger partial charge in [-0.1, -0.05) is 50.1 Å². The standard InChI is InChI=1S/C20H28N2O4/c1-14-8-6-7-11-17(14)22-19(24)13-26-20(25)12-18(21-15(2)23)16-9-4-3-5-10-16/h3-5,9-10,14,17-18H,6-8,11-13H2,1-2H3,(H,21,23)(H,22,24)/t14-,17-,18+/m1/s1. The SMILES string of the molecule is CC(=O)N[C@@H](CC(=O)OCC(=O)N[C@@H]1CCCC[C@H]1C)c1ccccc1. The van der Waals surface area contributed by atoms with Crippen molar-refractivity contribution in [1.82, 2.24) is 10.6 Å². The molecule has 0 heterocycles. The lowest BCUT2D eigenvalue weighted by Crippen LogP contribution is -2.43. The summed E-state index contributed by atoms with van der Waals surface area (Å²) in [7, 11) is 0. The summed E-state index contributed by atoms with van der Waals surface area (Å²) in [5.41, 5.74) is 0.820. The van der Waals surface area contributed by atoms with E-state index in [2.05, 4.69) is 17.6 Å². The average molecular weight is 360 g/mol. The highest BCUT2D eigenvalue weighted by Gasteiger charge is 2.23. The van der Waals surface area contributed by atoms with Crippen LogP contribution in [0.15, 0.2) is 30.3 Å². The lowest BCUT2D eigenvalue weighted by molar-refractivity contribution is -0.149. The van der Waals surface area contributed by atoms with Crippen LogP contribution < -0.4 is 10.6 Å². The highest BCUT2D eigenvalue weighted by atomic mass is 16.5. The fourth-order valence-corrected chi connectivity index (χ4v) is 3.33. The van der Waals surface area contributed by atoms with Gasteiger partial charge in [-0.3, -0.25) is 14.4 Å². The van der Waals surface area contributed by atoms with Gasteiger partial charge in [0.2, 0.25) is 5.91 Å². The Balaban J connectivity index is 1.81. The van der Waals surface area contributed by atoms with Crippen LogP contribution in [0.3, 0.4) is 0 Å². The molecule has 0 saturated heterocycles. The van der Waals surface area contributed by atoms with Gasteiger partial charge in [0.1, 0.15) is 0 Å². The number of rotatable bonds is 7. The first-order valence-electron chi connectivity index (χ1n) is 9.22. The minimum Gasteiger partial charge on any atom is -0.456 e. The summed E-state index contributed by atoms with van der Waals surface area (Å²) in [5.74, 6) is -0.561. The second-order valence-electron chi connectivity index (χ2n) is 6.96. The molecule has 6 nitrogen and oxygen atoms in total. The van der Waals surface area contributed by atoms with Gasteiger partial charge in [0.25, 0.3) is 5.91 Å². The lowest BCUT2D eigenvalue weighted by Gasteiger charge is -2.29. The van der Waals surface area contributed by atoms with Gasteiger partial charge in [-0.05, 0) is 24.3 Å². The Morgan fingerprint density at radius 2 is 1.85 bits per heavy atom. The van der Waals surface area contributed by atoms with E-state index < -0.39 is 12.0 Å². The quantitative estimate of drug-likeness (QED) is 0.732. The van der Waals surface area contributed by atoms with E-state index in [9.17, 15) is 14.4 Å². The maximum atomic E-state index is 12.1. The fourth-order valence-electron chi connectivity index (χ4n) is 3.33. The van der Waals surface area contributed by atoms with Crippen LogP contribution in [0.2, 0.25) is 0 Å². The van der Waals surface area contributed by atoms with E-state index in [1.807, 2.05) is 30.3 Å². The number of hydrogen-bond donors (Lipinski definition) is 2. The molecule has 1 fully saturated rings. The summed E-state index contributed by atoms with van der Waals surface area (Å²) in [6.45, 7) is 3.25. The van der Waals surface area contributed by atoms with Crippen LogP contribution in [0.5, 0.6) is 0 Å². The lowest BCUT2D eigenvalue weighted by atomic mass is 9.86. The molecule has 0 aromatic heterocycles. The zero-order valence-corrected chi connectivity index (χ0v) is 15.5. The summed E-state index contributed by atoms with van der Waals surface area (Å²) >= 11 is 0. The van der Waals surface area contributed by atoms with Gasteiger partial charge in [-0.2, -0.15) is 0 Å². The van der Waals surface area contributed by atoms with Gasteiger partial charge in [0.15, 0.2) is 6.61 Å². The van der Waals surface area contributed by atoms with Crippen LogP contribution in [-0.4, -0.2) is 30.4 Å². The summed E-state index contributed by atoms with van der Waals surface area (Å²) in [6.07, 6.45) is 4.38. The molecule has 1 aromatic carbocycles. The molecule has 0 bridgehead atoms. The van der Waals surface area contributed by atoms with Crippen molar-refractivity contribution in [2.45, 2.75) is 58.0 Å². The van der Waals surface area contributed by atoms with E-state index in [1.165, 1.54) is 13.3 Å². The number of nitrogens with one attached hydrogen (secondary N) is 2. The summed E-state index contributed by atoms with van der Waals surface area (Å²) in [6, 6.07) is 8.91. The Labute approximate surface area is 154 Å². The van der Waals surface area contributed by atoms with E-state index in [1.54, 1.807) is 0 Å². The molecule has 142 valence electrons. The molecule has 0 spiro atoms. The normalized spacial score (nSPS) is 20.7. The van der Waals surface area contributed by atoms with E-state index in [4.69, 9.17) is 4.74 Å². The van der Waals surface area contributed by atoms with E-state index in [0.717, 1.165) is 24.8 Å². The number of ether oxygens (including phenoxy) is 1. The van der Waals surface area contributed by atoms with Gasteiger partial charge in [0.05, 0.1) is 12.5 Å². The van der Waals surface area contributed by atoms with Crippen molar-refractivity contribution in [3.05, 3.63) is 35.9 Å². The Morgan fingerprint density at radius 3 is 2.50 bits per heavy atom. The minimum atomic E-state index is -0.514. The maximum Gasteiger partial charge on any atom is 0.308 e. The van der Waals surface area contributed by atoms with Crippen LogP contribution >= 0.6 is 0 Å². The zero-order valence-electron chi connectivity index (χ0n) is 15.5. The molecular formula is C20H28N2O4. The van der Waals surface area contributed by atoms with Crippen LogP contribution in [-0.2, 0) is 19.1 Å². The summed E-state index contributed by atoms with van der Waals surface area (Å²) in [5, 5.41) is 5.70. The van der Waals surface area contributed by atoms with Crippen LogP contribution in [0.25, 0.3) is 0 Å². The number of esters is 1. The second kappa shape index (κ2) is 9.94. The van der Waals surface area contributed by atoms with Crippen molar-refractivity contribution in [3.63, 3.8) is 0 Å². The monoisotopic (exact) mass is 360 g/mol. The van der Waals surface area contributed by atoms with E-state index in [0.29, 0.717) is 5.92 Å². The van der Waals surface area contributed by atoms with Gasteiger partial charge in [-0.15, -0.1) is 0 Å². The van der Waals surface area contributed by atoms with Gasteiger partial charge < -0.3 is 15.4 Å².